The Balaban J connectivity index is 2.23. The van der Waals surface area contributed by atoms with E-state index in [9.17, 15) is 14.0 Å². The van der Waals surface area contributed by atoms with Crippen molar-refractivity contribution < 1.29 is 19.1 Å². The Morgan fingerprint density at radius 3 is 2.35 bits per heavy atom. The van der Waals surface area contributed by atoms with Gasteiger partial charge in [0.25, 0.3) is 5.91 Å². The molecule has 2 unspecified atom stereocenters. The highest BCUT2D eigenvalue weighted by atomic mass is 19.1. The lowest BCUT2D eigenvalue weighted by atomic mass is 9.91. The number of carboxylic acid groups (broad SMARTS) is 1. The van der Waals surface area contributed by atoms with Gasteiger partial charge < -0.3 is 10.0 Å². The second kappa shape index (κ2) is 5.61. The fourth-order valence-corrected chi connectivity index (χ4v) is 2.82. The lowest BCUT2D eigenvalue weighted by Crippen LogP contribution is -2.42. The number of nitrogens with zero attached hydrogens (tertiary/aromatic N) is 1. The van der Waals surface area contributed by atoms with Crippen LogP contribution < -0.4 is 0 Å². The average Bonchev–Trinajstić information content (AvgIpc) is 2.36. The molecule has 2 atom stereocenters. The average molecular weight is 279 g/mol. The van der Waals surface area contributed by atoms with Crippen LogP contribution in [0.25, 0.3) is 0 Å². The van der Waals surface area contributed by atoms with Gasteiger partial charge in [-0.2, -0.15) is 0 Å². The first-order valence-electron chi connectivity index (χ1n) is 6.70. The highest BCUT2D eigenvalue weighted by Crippen LogP contribution is 2.23. The fourth-order valence-electron chi connectivity index (χ4n) is 2.82. The van der Waals surface area contributed by atoms with Crippen LogP contribution in [0.2, 0.25) is 0 Å². The van der Waals surface area contributed by atoms with Crippen LogP contribution in [0.1, 0.15) is 41.0 Å². The third-order valence-corrected chi connectivity index (χ3v) is 3.60. The first kappa shape index (κ1) is 14.5. The second-order valence-corrected chi connectivity index (χ2v) is 5.66. The number of benzene rings is 1. The number of rotatable bonds is 2. The van der Waals surface area contributed by atoms with Crippen molar-refractivity contribution in [1.29, 1.82) is 0 Å². The van der Waals surface area contributed by atoms with E-state index in [0.717, 1.165) is 12.5 Å². The summed E-state index contributed by atoms with van der Waals surface area (Å²) in [5.41, 5.74) is -0.212. The van der Waals surface area contributed by atoms with Crippen molar-refractivity contribution in [2.24, 2.45) is 11.8 Å². The Morgan fingerprint density at radius 2 is 1.85 bits per heavy atom. The van der Waals surface area contributed by atoms with Gasteiger partial charge in [0.2, 0.25) is 0 Å². The summed E-state index contributed by atoms with van der Waals surface area (Å²) in [5.74, 6) is -1.56. The number of hydrogen-bond donors (Lipinski definition) is 1. The quantitative estimate of drug-likeness (QED) is 0.905. The molecule has 1 aliphatic rings. The molecule has 5 heteroatoms. The fraction of sp³-hybridized carbons (Fsp3) is 0.467. The molecule has 1 aromatic rings. The lowest BCUT2D eigenvalue weighted by molar-refractivity contribution is 0.0616. The maximum Gasteiger partial charge on any atom is 0.335 e. The topological polar surface area (TPSA) is 57.6 Å². The van der Waals surface area contributed by atoms with Gasteiger partial charge in [-0.25, -0.2) is 9.18 Å². The number of hydrogen-bond acceptors (Lipinski definition) is 2. The molecule has 0 aliphatic carbocycles. The summed E-state index contributed by atoms with van der Waals surface area (Å²) in [6.45, 7) is 5.37. The molecule has 1 N–H and O–H groups in total. The number of carbonyl (C=O) groups excluding carboxylic acids is 1. The highest BCUT2D eigenvalue weighted by molar-refractivity contribution is 5.96. The van der Waals surface area contributed by atoms with Crippen LogP contribution in [0.3, 0.4) is 0 Å². The minimum atomic E-state index is -1.21. The van der Waals surface area contributed by atoms with E-state index < -0.39 is 11.8 Å². The van der Waals surface area contributed by atoms with Crippen molar-refractivity contribution in [2.75, 3.05) is 13.1 Å². The Morgan fingerprint density at radius 1 is 1.25 bits per heavy atom. The monoisotopic (exact) mass is 279 g/mol. The van der Waals surface area contributed by atoms with Crippen molar-refractivity contribution in [2.45, 2.75) is 20.3 Å². The number of amides is 1. The predicted molar refractivity (Wildman–Crippen MR) is 72.2 cm³/mol. The standard InChI is InChI=1S/C15H18FNO3/c1-9-5-10(2)8-17(7-9)14(18)12-4-3-11(15(19)20)6-13(12)16/h3-4,6,9-10H,5,7-8H2,1-2H3,(H,19,20). The number of piperidine rings is 1. The summed E-state index contributed by atoms with van der Waals surface area (Å²) in [4.78, 5) is 24.7. The summed E-state index contributed by atoms with van der Waals surface area (Å²) in [6, 6.07) is 3.41. The molecular formula is C15H18FNO3. The van der Waals surface area contributed by atoms with Gasteiger partial charge in [0, 0.05) is 13.1 Å². The van der Waals surface area contributed by atoms with Gasteiger partial charge >= 0.3 is 5.97 Å². The first-order chi connectivity index (χ1) is 9.38. The van der Waals surface area contributed by atoms with Crippen LogP contribution in [0.5, 0.6) is 0 Å². The molecule has 0 saturated carbocycles. The highest BCUT2D eigenvalue weighted by Gasteiger charge is 2.27. The van der Waals surface area contributed by atoms with Gasteiger partial charge in [-0.05, 0) is 36.5 Å². The van der Waals surface area contributed by atoms with Crippen LogP contribution in [-0.2, 0) is 0 Å². The largest absolute Gasteiger partial charge is 0.478 e. The molecule has 1 amide bonds. The molecule has 0 radical (unpaired) electrons. The Labute approximate surface area is 117 Å². The van der Waals surface area contributed by atoms with E-state index in [2.05, 4.69) is 13.8 Å². The Bertz CT molecular complexity index is 534. The zero-order valence-corrected chi connectivity index (χ0v) is 11.6. The van der Waals surface area contributed by atoms with E-state index in [1.54, 1.807) is 4.90 Å². The Kier molecular flexibility index (Phi) is 4.06. The van der Waals surface area contributed by atoms with Crippen molar-refractivity contribution in [3.8, 4) is 0 Å². The molecule has 1 aliphatic heterocycles. The van der Waals surface area contributed by atoms with E-state index in [0.29, 0.717) is 24.9 Å². The molecule has 1 heterocycles. The summed E-state index contributed by atoms with van der Waals surface area (Å²) >= 11 is 0. The third kappa shape index (κ3) is 2.98. The van der Waals surface area contributed by atoms with E-state index in [4.69, 9.17) is 5.11 Å². The summed E-state index contributed by atoms with van der Waals surface area (Å²) in [5, 5.41) is 8.79. The minimum absolute atomic E-state index is 0.0590. The van der Waals surface area contributed by atoms with Crippen LogP contribution in [-0.4, -0.2) is 35.0 Å². The molecule has 0 aromatic heterocycles. The van der Waals surface area contributed by atoms with Crippen molar-refractivity contribution in [1.82, 2.24) is 4.90 Å². The normalized spacial score (nSPS) is 22.6. The first-order valence-corrected chi connectivity index (χ1v) is 6.70. The molecular weight excluding hydrogens is 261 g/mol. The van der Waals surface area contributed by atoms with Crippen molar-refractivity contribution in [3.63, 3.8) is 0 Å². The maximum absolute atomic E-state index is 13.9. The van der Waals surface area contributed by atoms with E-state index in [-0.39, 0.29) is 17.0 Å². The van der Waals surface area contributed by atoms with Gasteiger partial charge in [0.15, 0.2) is 0 Å². The van der Waals surface area contributed by atoms with Gasteiger partial charge in [0.1, 0.15) is 5.82 Å². The predicted octanol–water partition coefficient (Wildman–Crippen LogP) is 2.64. The summed E-state index contributed by atoms with van der Waals surface area (Å²) in [6.07, 6.45) is 1.06. The van der Waals surface area contributed by atoms with Crippen LogP contribution in [0, 0.1) is 17.7 Å². The number of aromatic carboxylic acids is 1. The molecule has 108 valence electrons. The number of likely N-dealkylation sites (tertiary alicyclic amines) is 1. The zero-order chi connectivity index (χ0) is 14.9. The third-order valence-electron chi connectivity index (χ3n) is 3.60. The van der Waals surface area contributed by atoms with E-state index in [1.807, 2.05) is 0 Å². The number of carbonyl (C=O) groups is 2. The molecule has 1 aromatic carbocycles. The second-order valence-electron chi connectivity index (χ2n) is 5.66. The molecule has 0 bridgehead atoms. The minimum Gasteiger partial charge on any atom is -0.478 e. The SMILES string of the molecule is CC1CC(C)CN(C(=O)c2ccc(C(=O)O)cc2F)C1. The molecule has 1 saturated heterocycles. The molecule has 0 spiro atoms. The van der Waals surface area contributed by atoms with Crippen LogP contribution in [0.4, 0.5) is 4.39 Å². The molecule has 2 rings (SSSR count). The zero-order valence-electron chi connectivity index (χ0n) is 11.6. The van der Waals surface area contributed by atoms with Gasteiger partial charge in [-0.1, -0.05) is 13.8 Å². The molecule has 1 fully saturated rings. The van der Waals surface area contributed by atoms with E-state index >= 15 is 0 Å². The molecule has 20 heavy (non-hydrogen) atoms. The van der Waals surface area contributed by atoms with Gasteiger partial charge in [-0.3, -0.25) is 4.79 Å². The number of carboxylic acids is 1. The van der Waals surface area contributed by atoms with Crippen LogP contribution >= 0.6 is 0 Å². The van der Waals surface area contributed by atoms with E-state index in [1.165, 1.54) is 12.1 Å². The van der Waals surface area contributed by atoms with Gasteiger partial charge in [0.05, 0.1) is 11.1 Å². The van der Waals surface area contributed by atoms with Crippen molar-refractivity contribution in [3.05, 3.63) is 35.1 Å². The maximum atomic E-state index is 13.9. The summed E-state index contributed by atoms with van der Waals surface area (Å²) in [7, 11) is 0. The lowest BCUT2D eigenvalue weighted by Gasteiger charge is -2.35. The van der Waals surface area contributed by atoms with Crippen LogP contribution in [0.15, 0.2) is 18.2 Å². The molecule has 4 nitrogen and oxygen atoms in total. The van der Waals surface area contributed by atoms with Gasteiger partial charge in [-0.15, -0.1) is 0 Å². The van der Waals surface area contributed by atoms with Crippen molar-refractivity contribution >= 4 is 11.9 Å². The number of halogens is 1. The smallest absolute Gasteiger partial charge is 0.335 e. The summed E-state index contributed by atoms with van der Waals surface area (Å²) < 4.78 is 13.9. The Hall–Kier alpha value is -1.91.